The van der Waals surface area contributed by atoms with Crippen molar-refractivity contribution < 1.29 is 14.2 Å². The van der Waals surface area contributed by atoms with E-state index >= 15 is 0 Å². The molecule has 0 atom stereocenters. The second-order valence-electron chi connectivity index (χ2n) is 7.73. The predicted molar refractivity (Wildman–Crippen MR) is 125 cm³/mol. The van der Waals surface area contributed by atoms with Crippen LogP contribution in [-0.4, -0.2) is 34.6 Å². The topological polar surface area (TPSA) is 58.4 Å². The van der Waals surface area contributed by atoms with E-state index in [9.17, 15) is 0 Å². The van der Waals surface area contributed by atoms with E-state index in [0.717, 1.165) is 66.4 Å². The molecule has 31 heavy (non-hydrogen) atoms. The highest BCUT2D eigenvalue weighted by atomic mass is 16.5. The maximum Gasteiger partial charge on any atom is 0.226 e. The Morgan fingerprint density at radius 3 is 2.19 bits per heavy atom. The summed E-state index contributed by atoms with van der Waals surface area (Å²) in [7, 11) is 1.95. The van der Waals surface area contributed by atoms with Crippen molar-refractivity contribution >= 4 is 10.9 Å². The van der Waals surface area contributed by atoms with Crippen LogP contribution in [-0.2, 0) is 7.05 Å². The van der Waals surface area contributed by atoms with E-state index in [4.69, 9.17) is 19.3 Å². The normalized spacial score (nSPS) is 11.1. The van der Waals surface area contributed by atoms with Gasteiger partial charge in [-0.3, -0.25) is 4.68 Å². The van der Waals surface area contributed by atoms with E-state index in [1.54, 1.807) is 0 Å². The number of aryl methyl sites for hydroxylation is 1. The zero-order valence-corrected chi connectivity index (χ0v) is 19.3. The van der Waals surface area contributed by atoms with Gasteiger partial charge in [-0.2, -0.15) is 10.1 Å². The van der Waals surface area contributed by atoms with Crippen LogP contribution in [0.25, 0.3) is 22.2 Å². The predicted octanol–water partition coefficient (Wildman–Crippen LogP) is 6.17. The first-order valence-corrected chi connectivity index (χ1v) is 11.5. The van der Waals surface area contributed by atoms with E-state index in [2.05, 4.69) is 31.8 Å². The number of rotatable bonds is 13. The summed E-state index contributed by atoms with van der Waals surface area (Å²) < 4.78 is 19.8. The van der Waals surface area contributed by atoms with Crippen LogP contribution in [0.15, 0.2) is 30.3 Å². The molecule has 0 N–H and O–H groups in total. The van der Waals surface area contributed by atoms with Crippen LogP contribution >= 0.6 is 0 Å². The summed E-state index contributed by atoms with van der Waals surface area (Å²) in [6, 6.07) is 10.0. The standard InChI is InChI=1S/C25H35N3O3/c1-5-8-16-29-21-13-11-12-19-23(27-28(4)24(19)21)20-14-15-22(30-17-9-6-2)26-25(20)31-18-10-7-3/h11-15H,5-10,16-18H2,1-4H3. The fourth-order valence-electron chi connectivity index (χ4n) is 3.37. The first-order valence-electron chi connectivity index (χ1n) is 11.5. The molecular formula is C25H35N3O3. The monoisotopic (exact) mass is 425 g/mol. The number of pyridine rings is 1. The summed E-state index contributed by atoms with van der Waals surface area (Å²) in [5, 5.41) is 5.84. The zero-order valence-electron chi connectivity index (χ0n) is 19.3. The Bertz CT molecular complexity index is 968. The molecule has 0 saturated carbocycles. The Morgan fingerprint density at radius 1 is 0.806 bits per heavy atom. The van der Waals surface area contributed by atoms with Crippen LogP contribution in [0.3, 0.4) is 0 Å². The molecule has 0 saturated heterocycles. The molecule has 6 nitrogen and oxygen atoms in total. The third kappa shape index (κ3) is 5.69. The fourth-order valence-corrected chi connectivity index (χ4v) is 3.37. The molecule has 0 radical (unpaired) electrons. The molecule has 6 heteroatoms. The maximum atomic E-state index is 6.08. The van der Waals surface area contributed by atoms with Crippen molar-refractivity contribution in [1.82, 2.24) is 14.8 Å². The highest BCUT2D eigenvalue weighted by molar-refractivity contribution is 5.97. The molecule has 0 fully saturated rings. The quantitative estimate of drug-likeness (QED) is 0.306. The molecule has 0 bridgehead atoms. The number of hydrogen-bond acceptors (Lipinski definition) is 5. The van der Waals surface area contributed by atoms with Crippen LogP contribution in [0, 0.1) is 0 Å². The maximum absolute atomic E-state index is 6.08. The molecule has 168 valence electrons. The fraction of sp³-hybridized carbons (Fsp3) is 0.520. The smallest absolute Gasteiger partial charge is 0.226 e. The molecule has 0 amide bonds. The summed E-state index contributed by atoms with van der Waals surface area (Å²) in [6.45, 7) is 8.43. The molecule has 0 unspecified atom stereocenters. The van der Waals surface area contributed by atoms with Crippen LogP contribution < -0.4 is 14.2 Å². The average Bonchev–Trinajstić information content (AvgIpc) is 3.12. The summed E-state index contributed by atoms with van der Waals surface area (Å²) in [5.41, 5.74) is 2.70. The van der Waals surface area contributed by atoms with Crippen molar-refractivity contribution in [2.45, 2.75) is 59.3 Å². The Morgan fingerprint density at radius 2 is 1.48 bits per heavy atom. The van der Waals surface area contributed by atoms with Gasteiger partial charge in [-0.25, -0.2) is 0 Å². The van der Waals surface area contributed by atoms with Crippen LogP contribution in [0.5, 0.6) is 17.5 Å². The highest BCUT2D eigenvalue weighted by Crippen LogP contribution is 2.37. The van der Waals surface area contributed by atoms with Crippen molar-refractivity contribution in [2.24, 2.45) is 7.05 Å². The van der Waals surface area contributed by atoms with Crippen molar-refractivity contribution in [3.05, 3.63) is 30.3 Å². The molecule has 0 aliphatic rings. The van der Waals surface area contributed by atoms with Crippen LogP contribution in [0.2, 0.25) is 0 Å². The lowest BCUT2D eigenvalue weighted by molar-refractivity contribution is 0.274. The summed E-state index contributed by atoms with van der Waals surface area (Å²) in [6.07, 6.45) is 6.25. The molecule has 0 aliphatic heterocycles. The van der Waals surface area contributed by atoms with Crippen LogP contribution in [0.4, 0.5) is 0 Å². The minimum atomic E-state index is 0.569. The Labute approximate surface area is 185 Å². The number of unbranched alkanes of at least 4 members (excludes halogenated alkanes) is 3. The Hall–Kier alpha value is -2.76. The minimum Gasteiger partial charge on any atom is -0.491 e. The first kappa shape index (κ1) is 22.9. The van der Waals surface area contributed by atoms with Crippen molar-refractivity contribution in [3.63, 3.8) is 0 Å². The van der Waals surface area contributed by atoms with Gasteiger partial charge in [0.05, 0.1) is 25.4 Å². The van der Waals surface area contributed by atoms with Gasteiger partial charge in [-0.05, 0) is 31.4 Å². The van der Waals surface area contributed by atoms with Gasteiger partial charge in [0.2, 0.25) is 11.8 Å². The molecule has 3 aromatic rings. The number of ether oxygens (including phenoxy) is 3. The number of benzene rings is 1. The van der Waals surface area contributed by atoms with Gasteiger partial charge in [0.25, 0.3) is 0 Å². The number of hydrogen-bond donors (Lipinski definition) is 0. The lowest BCUT2D eigenvalue weighted by Crippen LogP contribution is -2.04. The van der Waals surface area contributed by atoms with Gasteiger partial charge in [0.15, 0.2) is 0 Å². The summed E-state index contributed by atoms with van der Waals surface area (Å²) >= 11 is 0. The lowest BCUT2D eigenvalue weighted by atomic mass is 10.1. The van der Waals surface area contributed by atoms with E-state index in [0.29, 0.717) is 31.6 Å². The Kier molecular flexibility index (Phi) is 8.56. The molecule has 3 rings (SSSR count). The van der Waals surface area contributed by atoms with Gasteiger partial charge < -0.3 is 14.2 Å². The van der Waals surface area contributed by atoms with Crippen molar-refractivity contribution in [3.8, 4) is 28.8 Å². The van der Waals surface area contributed by atoms with Gasteiger partial charge in [-0.1, -0.05) is 52.2 Å². The first-order chi connectivity index (χ1) is 15.2. The zero-order chi connectivity index (χ0) is 22.1. The number of aromatic nitrogens is 3. The molecular weight excluding hydrogens is 390 g/mol. The highest BCUT2D eigenvalue weighted by Gasteiger charge is 2.19. The van der Waals surface area contributed by atoms with E-state index in [1.165, 1.54) is 0 Å². The van der Waals surface area contributed by atoms with E-state index in [1.807, 2.05) is 36.0 Å². The summed E-state index contributed by atoms with van der Waals surface area (Å²) in [4.78, 5) is 4.67. The number of nitrogens with zero attached hydrogens (tertiary/aromatic N) is 3. The Balaban J connectivity index is 1.98. The van der Waals surface area contributed by atoms with Crippen molar-refractivity contribution in [1.29, 1.82) is 0 Å². The third-order valence-corrected chi connectivity index (χ3v) is 5.16. The van der Waals surface area contributed by atoms with E-state index < -0.39 is 0 Å². The average molecular weight is 426 g/mol. The lowest BCUT2D eigenvalue weighted by Gasteiger charge is -2.12. The summed E-state index contributed by atoms with van der Waals surface area (Å²) in [5.74, 6) is 2.01. The van der Waals surface area contributed by atoms with Gasteiger partial charge in [0, 0.05) is 18.5 Å². The molecule has 0 spiro atoms. The number of para-hydroxylation sites is 1. The largest absolute Gasteiger partial charge is 0.491 e. The minimum absolute atomic E-state index is 0.569. The van der Waals surface area contributed by atoms with Gasteiger partial charge in [0.1, 0.15) is 17.0 Å². The van der Waals surface area contributed by atoms with E-state index in [-0.39, 0.29) is 0 Å². The van der Waals surface area contributed by atoms with Gasteiger partial charge >= 0.3 is 0 Å². The second kappa shape index (κ2) is 11.6. The third-order valence-electron chi connectivity index (χ3n) is 5.16. The van der Waals surface area contributed by atoms with Crippen LogP contribution in [0.1, 0.15) is 59.3 Å². The molecule has 1 aromatic carbocycles. The molecule has 0 aliphatic carbocycles. The second-order valence-corrected chi connectivity index (χ2v) is 7.73. The molecule has 2 aromatic heterocycles. The number of fused-ring (bicyclic) bond motifs is 1. The molecule has 2 heterocycles. The SMILES string of the molecule is CCCCOc1ccc(-c2nn(C)c3c(OCCCC)cccc23)c(OCCCC)n1. The van der Waals surface area contributed by atoms with Crippen molar-refractivity contribution in [2.75, 3.05) is 19.8 Å². The van der Waals surface area contributed by atoms with Gasteiger partial charge in [-0.15, -0.1) is 0 Å².